The van der Waals surface area contributed by atoms with Crippen LogP contribution in [-0.2, 0) is 25.7 Å². The maximum atomic E-state index is 15.1. The lowest BCUT2D eigenvalue weighted by molar-refractivity contribution is -0.155. The summed E-state index contributed by atoms with van der Waals surface area (Å²) in [5.74, 6) is -0.274. The number of hydrogen-bond acceptors (Lipinski definition) is 12. The van der Waals surface area contributed by atoms with Gasteiger partial charge in [-0.05, 0) is 61.7 Å². The molecule has 14 heteroatoms. The molecule has 4 aliphatic rings. The van der Waals surface area contributed by atoms with Gasteiger partial charge in [0.05, 0.1) is 17.9 Å². The Balaban J connectivity index is 1.02. The molecule has 2 aromatic carbocycles. The van der Waals surface area contributed by atoms with Gasteiger partial charge in [-0.2, -0.15) is 0 Å². The van der Waals surface area contributed by atoms with Crippen LogP contribution in [0.5, 0.6) is 17.2 Å². The van der Waals surface area contributed by atoms with Gasteiger partial charge in [-0.25, -0.2) is 4.39 Å². The highest BCUT2D eigenvalue weighted by atomic mass is 19.1. The molecular formula is C32H37FN2O11. The van der Waals surface area contributed by atoms with Crippen molar-refractivity contribution in [2.24, 2.45) is 11.1 Å². The van der Waals surface area contributed by atoms with Crippen LogP contribution in [0, 0.1) is 11.7 Å². The van der Waals surface area contributed by atoms with Crippen LogP contribution in [-0.4, -0.2) is 94.4 Å². The van der Waals surface area contributed by atoms with E-state index in [0.29, 0.717) is 29.2 Å². The lowest BCUT2D eigenvalue weighted by atomic mass is 9.83. The first kappa shape index (κ1) is 32.2. The summed E-state index contributed by atoms with van der Waals surface area (Å²) >= 11 is 0. The number of halogens is 1. The molecule has 3 fully saturated rings. The molecule has 0 aromatic heterocycles. The van der Waals surface area contributed by atoms with Crippen molar-refractivity contribution in [3.8, 4) is 17.2 Å². The number of nitrogens with zero attached hydrogens (tertiary/aromatic N) is 1. The van der Waals surface area contributed by atoms with Crippen LogP contribution < -0.4 is 19.5 Å². The van der Waals surface area contributed by atoms with Gasteiger partial charge in [0.1, 0.15) is 50.0 Å². The molecule has 46 heavy (non-hydrogen) atoms. The van der Waals surface area contributed by atoms with Crippen LogP contribution in [0.2, 0.25) is 0 Å². The van der Waals surface area contributed by atoms with Gasteiger partial charge in [0, 0.05) is 17.9 Å². The highest BCUT2D eigenvalue weighted by molar-refractivity contribution is 5.97. The number of oxime groups is 1. The molecule has 0 unspecified atom stereocenters. The average Bonchev–Trinajstić information content (AvgIpc) is 3.79. The number of aliphatic hydroxyl groups excluding tert-OH is 4. The van der Waals surface area contributed by atoms with E-state index < -0.39 is 60.5 Å². The van der Waals surface area contributed by atoms with E-state index in [1.807, 2.05) is 12.1 Å². The quantitative estimate of drug-likeness (QED) is 0.151. The Kier molecular flexibility index (Phi) is 9.45. The van der Waals surface area contributed by atoms with Crippen LogP contribution in [0.3, 0.4) is 0 Å². The Hall–Kier alpha value is -3.79. The number of aliphatic hydroxyl groups is 4. The lowest BCUT2D eigenvalue weighted by Gasteiger charge is -2.41. The second-order valence-electron chi connectivity index (χ2n) is 11.9. The van der Waals surface area contributed by atoms with Crippen molar-refractivity contribution in [2.45, 2.75) is 82.1 Å². The fourth-order valence-corrected chi connectivity index (χ4v) is 6.24. The maximum absolute atomic E-state index is 15.1. The molecule has 1 amide bonds. The van der Waals surface area contributed by atoms with E-state index in [-0.39, 0.29) is 43.9 Å². The smallest absolute Gasteiger partial charge is 0.247 e. The van der Waals surface area contributed by atoms with Gasteiger partial charge in [-0.3, -0.25) is 4.79 Å². The molecule has 2 saturated carbocycles. The molecular weight excluding hydrogens is 607 g/mol. The predicted octanol–water partition coefficient (Wildman–Crippen LogP) is 1.39. The first-order valence-corrected chi connectivity index (χ1v) is 15.0. The van der Waals surface area contributed by atoms with Crippen LogP contribution in [0.25, 0.3) is 6.08 Å². The van der Waals surface area contributed by atoms with Crippen molar-refractivity contribution in [2.75, 3.05) is 13.6 Å². The van der Waals surface area contributed by atoms with Crippen molar-refractivity contribution in [1.82, 2.24) is 5.32 Å². The Morgan fingerprint density at radius 1 is 0.978 bits per heavy atom. The normalized spacial score (nSPS) is 32.3. The number of ether oxygens (including phenoxy) is 5. The number of carbonyl (C=O) groups is 1. The van der Waals surface area contributed by atoms with Gasteiger partial charge in [0.2, 0.25) is 12.7 Å². The van der Waals surface area contributed by atoms with Crippen molar-refractivity contribution >= 4 is 17.7 Å². The summed E-state index contributed by atoms with van der Waals surface area (Å²) in [5, 5.41) is 48.7. The highest BCUT2D eigenvalue weighted by Gasteiger charge is 2.53. The largest absolute Gasteiger partial charge is 0.487 e. The minimum atomic E-state index is -1.49. The van der Waals surface area contributed by atoms with E-state index >= 15 is 4.39 Å². The van der Waals surface area contributed by atoms with Gasteiger partial charge in [0.15, 0.2) is 23.1 Å². The molecule has 0 radical (unpaired) electrons. The van der Waals surface area contributed by atoms with Gasteiger partial charge in [-0.1, -0.05) is 17.3 Å². The summed E-state index contributed by atoms with van der Waals surface area (Å²) < 4.78 is 42.2. The Morgan fingerprint density at radius 3 is 2.52 bits per heavy atom. The number of benzene rings is 2. The number of fused-ring (bicyclic) bond motifs is 2. The Labute approximate surface area is 264 Å². The summed E-state index contributed by atoms with van der Waals surface area (Å²) in [4.78, 5) is 18.4. The molecule has 9 atom stereocenters. The molecule has 2 aliphatic carbocycles. The van der Waals surface area contributed by atoms with E-state index in [9.17, 15) is 25.2 Å². The van der Waals surface area contributed by atoms with Crippen molar-refractivity contribution in [1.29, 1.82) is 0 Å². The average molecular weight is 645 g/mol. The molecule has 2 heterocycles. The number of amides is 1. The summed E-state index contributed by atoms with van der Waals surface area (Å²) in [7, 11) is 0. The monoisotopic (exact) mass is 644 g/mol. The topological polar surface area (TPSA) is 178 Å². The van der Waals surface area contributed by atoms with E-state index in [4.69, 9.17) is 28.5 Å². The molecule has 2 aliphatic heterocycles. The first-order chi connectivity index (χ1) is 22.1. The summed E-state index contributed by atoms with van der Waals surface area (Å²) in [5.41, 5.74) is 2.00. The van der Waals surface area contributed by atoms with Gasteiger partial charge in [-0.15, -0.1) is 0 Å². The van der Waals surface area contributed by atoms with E-state index in [0.717, 1.165) is 5.56 Å². The maximum Gasteiger partial charge on any atom is 0.247 e. The lowest BCUT2D eigenvalue weighted by Crippen LogP contribution is -2.67. The summed E-state index contributed by atoms with van der Waals surface area (Å²) in [6.45, 7) is 3.51. The second-order valence-corrected chi connectivity index (χ2v) is 11.9. The molecule has 2 aromatic rings. The zero-order chi connectivity index (χ0) is 32.5. The van der Waals surface area contributed by atoms with Crippen molar-refractivity contribution < 1.29 is 58.1 Å². The SMILES string of the molecule is CC(=Cc1ccc(O[C@H]2C[C@@H](O)[C@@H](C(C)=NOCc3ccc4c(c3)OCO4)C2)c(F)c1)C(=O)N[C@@H]1[C@H](O)[C@@H](O)[C@H]2OCO[C@H]2[C@@H]1O. The van der Waals surface area contributed by atoms with Gasteiger partial charge < -0.3 is 54.3 Å². The predicted molar refractivity (Wildman–Crippen MR) is 158 cm³/mol. The molecule has 1 saturated heterocycles. The van der Waals surface area contributed by atoms with Gasteiger partial charge in [0.25, 0.3) is 0 Å². The Morgan fingerprint density at radius 2 is 1.74 bits per heavy atom. The molecule has 13 nitrogen and oxygen atoms in total. The molecule has 5 N–H and O–H groups in total. The van der Waals surface area contributed by atoms with Crippen LogP contribution in [0.15, 0.2) is 47.1 Å². The van der Waals surface area contributed by atoms with Crippen LogP contribution >= 0.6 is 0 Å². The molecule has 0 bridgehead atoms. The Bertz CT molecular complexity index is 1500. The zero-order valence-corrected chi connectivity index (χ0v) is 25.2. The van der Waals surface area contributed by atoms with Gasteiger partial charge >= 0.3 is 0 Å². The minimum absolute atomic E-state index is 0.00142. The third kappa shape index (κ3) is 6.68. The van der Waals surface area contributed by atoms with Crippen LogP contribution in [0.1, 0.15) is 37.8 Å². The highest BCUT2D eigenvalue weighted by Crippen LogP contribution is 2.34. The zero-order valence-electron chi connectivity index (χ0n) is 25.2. The van der Waals surface area contributed by atoms with E-state index in [1.54, 1.807) is 19.1 Å². The number of rotatable bonds is 9. The summed E-state index contributed by atoms with van der Waals surface area (Å²) in [6, 6.07) is 8.52. The van der Waals surface area contributed by atoms with Crippen LogP contribution in [0.4, 0.5) is 4.39 Å². The second kappa shape index (κ2) is 13.5. The standard InChI is InChI=1S/C32H37FN2O11/c1-15(32(40)34-26-27(37)29(39)31-30(28(26)38)43-14-44-31)7-17-3-5-23(21(33)8-17)46-19-10-20(22(36)11-19)16(2)35-45-12-18-4-6-24-25(9-18)42-13-41-24/h3-9,19-20,22,26-31,36-39H,10-14H2,1-2H3,(H,34,40)/t19-,20-,22-,26-,27+,28-,29-,30+,31-/m1/s1. The number of hydrogen-bond donors (Lipinski definition) is 5. The third-order valence-corrected chi connectivity index (χ3v) is 8.79. The molecule has 6 rings (SSSR count). The fraction of sp³-hybridized carbons (Fsp3) is 0.500. The number of nitrogens with one attached hydrogen (secondary N) is 1. The molecule has 248 valence electrons. The number of carbonyl (C=O) groups excluding carboxylic acids is 1. The summed E-state index contributed by atoms with van der Waals surface area (Å²) in [6.07, 6.45) is -5.02. The molecule has 0 spiro atoms. The van der Waals surface area contributed by atoms with E-state index in [2.05, 4.69) is 10.5 Å². The first-order valence-electron chi connectivity index (χ1n) is 15.0. The fourth-order valence-electron chi connectivity index (χ4n) is 6.24. The minimum Gasteiger partial charge on any atom is -0.487 e. The third-order valence-electron chi connectivity index (χ3n) is 8.79. The van der Waals surface area contributed by atoms with Crippen molar-refractivity contribution in [3.05, 3.63) is 58.9 Å². The van der Waals surface area contributed by atoms with Crippen molar-refractivity contribution in [3.63, 3.8) is 0 Å². The van der Waals surface area contributed by atoms with E-state index in [1.165, 1.54) is 25.1 Å².